The highest BCUT2D eigenvalue weighted by molar-refractivity contribution is 6.37. The number of alkyl halides is 3. The van der Waals surface area contributed by atoms with Crippen molar-refractivity contribution in [1.82, 2.24) is 14.5 Å². The van der Waals surface area contributed by atoms with E-state index in [-0.39, 0.29) is 45.5 Å². The molecule has 0 atom stereocenters. The first-order valence-electron chi connectivity index (χ1n) is 11.8. The van der Waals surface area contributed by atoms with E-state index in [2.05, 4.69) is 9.72 Å². The summed E-state index contributed by atoms with van der Waals surface area (Å²) < 4.78 is 44.1. The lowest BCUT2D eigenvalue weighted by Gasteiger charge is -2.32. The van der Waals surface area contributed by atoms with E-state index in [4.69, 9.17) is 23.2 Å². The third-order valence-corrected chi connectivity index (χ3v) is 7.46. The van der Waals surface area contributed by atoms with Crippen molar-refractivity contribution in [1.29, 1.82) is 0 Å². The van der Waals surface area contributed by atoms with Crippen LogP contribution < -0.4 is 4.74 Å². The van der Waals surface area contributed by atoms with Crippen LogP contribution in [0.2, 0.25) is 10.2 Å². The number of aryl methyl sites for hydroxylation is 2. The molecule has 0 unspecified atom stereocenters. The van der Waals surface area contributed by atoms with Crippen molar-refractivity contribution in [2.75, 3.05) is 13.1 Å². The first-order valence-corrected chi connectivity index (χ1v) is 12.6. The quantitative estimate of drug-likeness (QED) is 0.325. The van der Waals surface area contributed by atoms with Gasteiger partial charge in [0, 0.05) is 62.4 Å². The predicted octanol–water partition coefficient (Wildman–Crippen LogP) is 6.51. The molecular formula is C26H26Cl2F3N3O3. The molecule has 1 saturated heterocycles. The van der Waals surface area contributed by atoms with Gasteiger partial charge in [-0.05, 0) is 49.8 Å². The number of aromatic nitrogens is 2. The number of benzene rings is 1. The fourth-order valence-corrected chi connectivity index (χ4v) is 5.59. The standard InChI is InChI=1S/C26H26Cl2F3N3O3/c1-14-8-18(37-26(29,30)31)11-21-22(14)17(13-33(21)3)10-19-23(27)20(12-32-24(19)28)25(36)34-6-4-16(5-7-34)9-15(2)35/h8,11-13,16H,4-7,9-10H2,1-3H3. The molecule has 1 aromatic carbocycles. The molecule has 0 bridgehead atoms. The van der Waals surface area contributed by atoms with E-state index in [9.17, 15) is 22.8 Å². The zero-order valence-corrected chi connectivity index (χ0v) is 22.1. The highest BCUT2D eigenvalue weighted by Gasteiger charge is 2.32. The van der Waals surface area contributed by atoms with Gasteiger partial charge in [-0.2, -0.15) is 0 Å². The molecular weight excluding hydrogens is 530 g/mol. The number of carbonyl (C=O) groups is 2. The number of piperidine rings is 1. The van der Waals surface area contributed by atoms with E-state index < -0.39 is 6.36 Å². The van der Waals surface area contributed by atoms with Gasteiger partial charge in [0.2, 0.25) is 0 Å². The number of ether oxygens (including phenoxy) is 1. The minimum Gasteiger partial charge on any atom is -0.406 e. The third kappa shape index (κ3) is 6.04. The van der Waals surface area contributed by atoms with Gasteiger partial charge in [0.15, 0.2) is 0 Å². The first-order chi connectivity index (χ1) is 17.3. The van der Waals surface area contributed by atoms with Crippen LogP contribution in [0.25, 0.3) is 10.9 Å². The molecule has 0 spiro atoms. The van der Waals surface area contributed by atoms with Crippen LogP contribution >= 0.6 is 23.2 Å². The molecule has 4 rings (SSSR count). The monoisotopic (exact) mass is 555 g/mol. The molecule has 198 valence electrons. The lowest BCUT2D eigenvalue weighted by Crippen LogP contribution is -2.39. The van der Waals surface area contributed by atoms with Gasteiger partial charge in [-0.15, -0.1) is 13.2 Å². The maximum atomic E-state index is 13.3. The summed E-state index contributed by atoms with van der Waals surface area (Å²) in [7, 11) is 1.72. The summed E-state index contributed by atoms with van der Waals surface area (Å²) in [6.07, 6.45) is 0.589. The molecule has 6 nitrogen and oxygen atoms in total. The highest BCUT2D eigenvalue weighted by Crippen LogP contribution is 2.36. The van der Waals surface area contributed by atoms with Gasteiger partial charge < -0.3 is 19.0 Å². The van der Waals surface area contributed by atoms with E-state index >= 15 is 0 Å². The van der Waals surface area contributed by atoms with E-state index in [1.54, 1.807) is 36.6 Å². The van der Waals surface area contributed by atoms with Gasteiger partial charge in [-0.25, -0.2) is 4.98 Å². The van der Waals surface area contributed by atoms with Gasteiger partial charge >= 0.3 is 6.36 Å². The molecule has 0 saturated carbocycles. The summed E-state index contributed by atoms with van der Waals surface area (Å²) in [5, 5.41) is 1.09. The van der Waals surface area contributed by atoms with Crippen LogP contribution in [0.15, 0.2) is 24.5 Å². The fraction of sp³-hybridized carbons (Fsp3) is 0.423. The van der Waals surface area contributed by atoms with Crippen LogP contribution in [0.5, 0.6) is 5.75 Å². The van der Waals surface area contributed by atoms with Crippen molar-refractivity contribution >= 4 is 45.8 Å². The van der Waals surface area contributed by atoms with Crippen molar-refractivity contribution in [3.05, 3.63) is 57.0 Å². The summed E-state index contributed by atoms with van der Waals surface area (Å²) in [4.78, 5) is 30.6. The summed E-state index contributed by atoms with van der Waals surface area (Å²) >= 11 is 13.1. The number of Topliss-reactive ketones (excluding diaryl/α,β-unsaturated/α-hetero) is 1. The molecule has 3 aromatic rings. The van der Waals surface area contributed by atoms with Crippen LogP contribution in [0.3, 0.4) is 0 Å². The van der Waals surface area contributed by atoms with Crippen molar-refractivity contribution in [3.63, 3.8) is 0 Å². The highest BCUT2D eigenvalue weighted by atomic mass is 35.5. The molecule has 11 heteroatoms. The van der Waals surface area contributed by atoms with E-state index in [0.29, 0.717) is 36.2 Å². The second kappa shape index (κ2) is 10.5. The third-order valence-electron chi connectivity index (χ3n) is 6.71. The van der Waals surface area contributed by atoms with Gasteiger partial charge in [0.05, 0.1) is 16.1 Å². The molecule has 0 aliphatic carbocycles. The maximum absolute atomic E-state index is 13.3. The average Bonchev–Trinajstić information content (AvgIpc) is 3.10. The molecule has 1 aliphatic rings. The van der Waals surface area contributed by atoms with E-state index in [1.165, 1.54) is 18.3 Å². The number of halogens is 5. The number of pyridine rings is 1. The molecule has 1 aliphatic heterocycles. The molecule has 3 heterocycles. The van der Waals surface area contributed by atoms with Crippen LogP contribution in [0.1, 0.15) is 53.2 Å². The minimum absolute atomic E-state index is 0.145. The number of carbonyl (C=O) groups excluding carboxylic acids is 2. The summed E-state index contributed by atoms with van der Waals surface area (Å²) in [6.45, 7) is 4.32. The summed E-state index contributed by atoms with van der Waals surface area (Å²) in [5.41, 5.74) is 2.62. The SMILES string of the molecule is CC(=O)CC1CCN(C(=O)c2cnc(Cl)c(Cc3cn(C)c4cc(OC(F)(F)F)cc(C)c34)c2Cl)CC1. The zero-order valence-electron chi connectivity index (χ0n) is 20.6. The Kier molecular flexibility index (Phi) is 7.76. The van der Waals surface area contributed by atoms with Crippen LogP contribution in [0.4, 0.5) is 13.2 Å². The van der Waals surface area contributed by atoms with Crippen molar-refractivity contribution in [2.24, 2.45) is 13.0 Å². The lowest BCUT2D eigenvalue weighted by molar-refractivity contribution is -0.274. The molecule has 1 fully saturated rings. The number of hydrogen-bond acceptors (Lipinski definition) is 4. The van der Waals surface area contributed by atoms with Crippen LogP contribution in [0, 0.1) is 12.8 Å². The van der Waals surface area contributed by atoms with Crippen LogP contribution in [-0.2, 0) is 18.3 Å². The summed E-state index contributed by atoms with van der Waals surface area (Å²) in [6, 6.07) is 2.66. The van der Waals surface area contributed by atoms with Crippen LogP contribution in [-0.4, -0.2) is 45.6 Å². The van der Waals surface area contributed by atoms with Gasteiger partial charge in [-0.1, -0.05) is 23.2 Å². The van der Waals surface area contributed by atoms with Crippen molar-refractivity contribution in [2.45, 2.75) is 45.9 Å². The van der Waals surface area contributed by atoms with E-state index in [1.807, 2.05) is 0 Å². The Labute approximate surface area is 222 Å². The van der Waals surface area contributed by atoms with Gasteiger partial charge in [-0.3, -0.25) is 4.79 Å². The smallest absolute Gasteiger partial charge is 0.406 e. The number of ketones is 1. The lowest BCUT2D eigenvalue weighted by atomic mass is 9.92. The molecule has 1 amide bonds. The normalized spacial score (nSPS) is 14.9. The topological polar surface area (TPSA) is 64.4 Å². The molecule has 0 radical (unpaired) electrons. The molecule has 37 heavy (non-hydrogen) atoms. The van der Waals surface area contributed by atoms with Gasteiger partial charge in [0.25, 0.3) is 5.91 Å². The second-order valence-electron chi connectivity index (χ2n) is 9.52. The number of rotatable bonds is 6. The largest absolute Gasteiger partial charge is 0.573 e. The number of likely N-dealkylation sites (tertiary alicyclic amines) is 1. The minimum atomic E-state index is -4.80. The number of amides is 1. The summed E-state index contributed by atoms with van der Waals surface area (Å²) in [5.74, 6) is -0.137. The fourth-order valence-electron chi connectivity index (χ4n) is 5.04. The zero-order chi connectivity index (χ0) is 27.1. The average molecular weight is 556 g/mol. The Bertz CT molecular complexity index is 1360. The Morgan fingerprint density at radius 3 is 2.49 bits per heavy atom. The maximum Gasteiger partial charge on any atom is 0.573 e. The predicted molar refractivity (Wildman–Crippen MR) is 135 cm³/mol. The number of nitrogens with zero attached hydrogens (tertiary/aromatic N) is 3. The Morgan fingerprint density at radius 1 is 1.19 bits per heavy atom. The number of hydrogen-bond donors (Lipinski definition) is 0. The first kappa shape index (κ1) is 27.3. The van der Waals surface area contributed by atoms with Crippen molar-refractivity contribution < 1.29 is 27.5 Å². The number of fused-ring (bicyclic) bond motifs is 1. The Morgan fingerprint density at radius 2 is 1.86 bits per heavy atom. The van der Waals surface area contributed by atoms with E-state index in [0.717, 1.165) is 23.8 Å². The second-order valence-corrected chi connectivity index (χ2v) is 10.3. The molecule has 0 N–H and O–H groups in total. The van der Waals surface area contributed by atoms with Gasteiger partial charge in [0.1, 0.15) is 16.7 Å². The van der Waals surface area contributed by atoms with Crippen molar-refractivity contribution in [3.8, 4) is 5.75 Å². The Balaban J connectivity index is 1.62. The Hall–Kier alpha value is -2.78. The molecule has 2 aromatic heterocycles.